The zero-order valence-electron chi connectivity index (χ0n) is 14.4. The number of carbonyl (C=O) groups excluding carboxylic acids is 1. The Labute approximate surface area is 144 Å². The molecule has 0 fully saturated rings. The maximum Gasteiger partial charge on any atom is 0.319 e. The lowest BCUT2D eigenvalue weighted by molar-refractivity contribution is 0.249. The smallest absolute Gasteiger partial charge is 0.319 e. The molecule has 4 heteroatoms. The minimum absolute atomic E-state index is 0.0559. The van der Waals surface area contributed by atoms with Crippen LogP contribution in [0.2, 0.25) is 0 Å². The van der Waals surface area contributed by atoms with Crippen LogP contribution in [0, 0.1) is 0 Å². The van der Waals surface area contributed by atoms with Crippen molar-refractivity contribution in [3.8, 4) is 5.75 Å². The normalized spacial score (nSPS) is 11.6. The Balaban J connectivity index is 1.85. The van der Waals surface area contributed by atoms with E-state index in [0.717, 1.165) is 29.8 Å². The first-order valence-electron chi connectivity index (χ1n) is 8.54. The van der Waals surface area contributed by atoms with Gasteiger partial charge in [0.05, 0.1) is 12.6 Å². The molecule has 0 unspecified atom stereocenters. The largest absolute Gasteiger partial charge is 0.494 e. The van der Waals surface area contributed by atoms with E-state index in [-0.39, 0.29) is 12.1 Å². The second-order valence-electron chi connectivity index (χ2n) is 5.81. The number of nitrogens with one attached hydrogen (secondary N) is 2. The molecule has 24 heavy (non-hydrogen) atoms. The van der Waals surface area contributed by atoms with Crippen LogP contribution in [0.25, 0.3) is 0 Å². The van der Waals surface area contributed by atoms with Gasteiger partial charge in [0.1, 0.15) is 5.75 Å². The number of urea groups is 1. The minimum Gasteiger partial charge on any atom is -0.494 e. The number of hydrogen-bond acceptors (Lipinski definition) is 2. The molecule has 2 aromatic rings. The molecule has 4 nitrogen and oxygen atoms in total. The number of carbonyl (C=O) groups is 1. The van der Waals surface area contributed by atoms with Crippen LogP contribution in [0.1, 0.15) is 44.7 Å². The van der Waals surface area contributed by atoms with Gasteiger partial charge in [-0.1, -0.05) is 56.2 Å². The molecule has 0 aromatic heterocycles. The third-order valence-electron chi connectivity index (χ3n) is 3.76. The van der Waals surface area contributed by atoms with Gasteiger partial charge in [-0.25, -0.2) is 4.79 Å². The summed E-state index contributed by atoms with van der Waals surface area (Å²) in [6.07, 6.45) is 3.38. The highest BCUT2D eigenvalue weighted by atomic mass is 16.5. The van der Waals surface area contributed by atoms with Crippen molar-refractivity contribution in [3.05, 3.63) is 60.2 Å². The highest BCUT2D eigenvalue weighted by Gasteiger charge is 2.09. The van der Waals surface area contributed by atoms with Crippen molar-refractivity contribution in [2.75, 3.05) is 11.9 Å². The molecule has 2 amide bonds. The zero-order valence-corrected chi connectivity index (χ0v) is 14.4. The fourth-order valence-corrected chi connectivity index (χ4v) is 2.39. The number of hydrogen-bond donors (Lipinski definition) is 2. The van der Waals surface area contributed by atoms with E-state index in [1.54, 1.807) is 0 Å². The number of amides is 2. The van der Waals surface area contributed by atoms with Crippen LogP contribution in [0.3, 0.4) is 0 Å². The summed E-state index contributed by atoms with van der Waals surface area (Å²) in [6.45, 7) is 4.83. The van der Waals surface area contributed by atoms with Crippen molar-refractivity contribution in [2.24, 2.45) is 0 Å². The van der Waals surface area contributed by atoms with E-state index in [1.807, 2.05) is 61.5 Å². The van der Waals surface area contributed by atoms with Crippen molar-refractivity contribution < 1.29 is 9.53 Å². The van der Waals surface area contributed by atoms with Gasteiger partial charge in [-0.15, -0.1) is 0 Å². The van der Waals surface area contributed by atoms with Crippen LogP contribution in [0.15, 0.2) is 54.6 Å². The second-order valence-corrected chi connectivity index (χ2v) is 5.81. The summed E-state index contributed by atoms with van der Waals surface area (Å²) >= 11 is 0. The van der Waals surface area contributed by atoms with E-state index >= 15 is 0 Å². The maximum atomic E-state index is 12.1. The second kappa shape index (κ2) is 9.60. The van der Waals surface area contributed by atoms with Gasteiger partial charge in [0.15, 0.2) is 0 Å². The maximum absolute atomic E-state index is 12.1. The summed E-state index contributed by atoms with van der Waals surface area (Å²) < 4.78 is 5.71. The van der Waals surface area contributed by atoms with Crippen LogP contribution in [-0.2, 0) is 0 Å². The lowest BCUT2D eigenvalue weighted by Gasteiger charge is -2.15. The molecule has 0 saturated heterocycles. The molecular weight excluding hydrogens is 300 g/mol. The van der Waals surface area contributed by atoms with Gasteiger partial charge < -0.3 is 15.4 Å². The highest BCUT2D eigenvalue weighted by molar-refractivity contribution is 5.89. The lowest BCUT2D eigenvalue weighted by atomic mass is 10.1. The number of benzene rings is 2. The molecule has 128 valence electrons. The van der Waals surface area contributed by atoms with Crippen molar-refractivity contribution in [1.29, 1.82) is 0 Å². The third-order valence-corrected chi connectivity index (χ3v) is 3.76. The van der Waals surface area contributed by atoms with Gasteiger partial charge in [0.2, 0.25) is 0 Å². The number of rotatable bonds is 8. The van der Waals surface area contributed by atoms with Crippen LogP contribution in [0.5, 0.6) is 5.75 Å². The molecule has 0 aliphatic carbocycles. The van der Waals surface area contributed by atoms with Crippen molar-refractivity contribution in [2.45, 2.75) is 39.2 Å². The highest BCUT2D eigenvalue weighted by Crippen LogP contribution is 2.18. The van der Waals surface area contributed by atoms with Gasteiger partial charge >= 0.3 is 6.03 Å². The average Bonchev–Trinajstić information content (AvgIpc) is 2.60. The monoisotopic (exact) mass is 326 g/mol. The third kappa shape index (κ3) is 5.95. The molecule has 2 rings (SSSR count). The first kappa shape index (κ1) is 17.9. The quantitative estimate of drug-likeness (QED) is 0.660. The number of anilines is 1. The molecule has 0 aliphatic rings. The summed E-state index contributed by atoms with van der Waals surface area (Å²) in [5.74, 6) is 0.778. The minimum atomic E-state index is -0.227. The van der Waals surface area contributed by atoms with Crippen LogP contribution >= 0.6 is 0 Å². The molecular formula is C20H26N2O2. The Kier molecular flexibility index (Phi) is 7.15. The predicted octanol–water partition coefficient (Wildman–Crippen LogP) is 5.14. The summed E-state index contributed by atoms with van der Waals surface area (Å²) in [4.78, 5) is 12.1. The van der Waals surface area contributed by atoms with E-state index in [9.17, 15) is 4.79 Å². The van der Waals surface area contributed by atoms with Crippen LogP contribution in [0.4, 0.5) is 10.5 Å². The number of ether oxygens (including phenoxy) is 1. The van der Waals surface area contributed by atoms with Crippen molar-refractivity contribution >= 4 is 11.7 Å². The standard InChI is InChI=1S/C20H26N2O2/c1-3-4-8-14-24-19-13-9-12-18(15-19)22-20(23)21-16(2)17-10-6-5-7-11-17/h5-7,9-13,15-16H,3-4,8,14H2,1-2H3,(H2,21,22,23)/t16-/m0/s1. The topological polar surface area (TPSA) is 50.4 Å². The fraction of sp³-hybridized carbons (Fsp3) is 0.350. The molecule has 0 bridgehead atoms. The van der Waals surface area contributed by atoms with E-state index in [0.29, 0.717) is 6.61 Å². The molecule has 2 N–H and O–H groups in total. The fourth-order valence-electron chi connectivity index (χ4n) is 2.39. The summed E-state index contributed by atoms with van der Waals surface area (Å²) in [5, 5.41) is 5.79. The first-order chi connectivity index (χ1) is 11.7. The molecule has 0 spiro atoms. The Hall–Kier alpha value is -2.49. The number of unbranched alkanes of at least 4 members (excludes halogenated alkanes) is 2. The summed E-state index contributed by atoms with van der Waals surface area (Å²) in [7, 11) is 0. The van der Waals surface area contributed by atoms with Crippen molar-refractivity contribution in [1.82, 2.24) is 5.32 Å². The molecule has 1 atom stereocenters. The van der Waals surface area contributed by atoms with Gasteiger partial charge in [-0.05, 0) is 31.0 Å². The average molecular weight is 326 g/mol. The zero-order chi connectivity index (χ0) is 17.2. The van der Waals surface area contributed by atoms with Crippen LogP contribution in [-0.4, -0.2) is 12.6 Å². The predicted molar refractivity (Wildman–Crippen MR) is 98.5 cm³/mol. The van der Waals surface area contributed by atoms with Crippen LogP contribution < -0.4 is 15.4 Å². The summed E-state index contributed by atoms with van der Waals surface area (Å²) in [5.41, 5.74) is 1.79. The van der Waals surface area contributed by atoms with Gasteiger partial charge in [0, 0.05) is 11.8 Å². The van der Waals surface area contributed by atoms with Gasteiger partial charge in [-0.2, -0.15) is 0 Å². The Bertz CT molecular complexity index is 629. The Morgan fingerprint density at radius 1 is 1.08 bits per heavy atom. The van der Waals surface area contributed by atoms with Gasteiger partial charge in [0.25, 0.3) is 0 Å². The molecule has 0 radical (unpaired) electrons. The molecule has 0 aliphatic heterocycles. The SMILES string of the molecule is CCCCCOc1cccc(NC(=O)N[C@@H](C)c2ccccc2)c1. The van der Waals surface area contributed by atoms with E-state index < -0.39 is 0 Å². The Morgan fingerprint density at radius 2 is 1.88 bits per heavy atom. The van der Waals surface area contributed by atoms with E-state index in [2.05, 4.69) is 17.6 Å². The summed E-state index contributed by atoms with van der Waals surface area (Å²) in [6, 6.07) is 17.1. The first-order valence-corrected chi connectivity index (χ1v) is 8.54. The Morgan fingerprint density at radius 3 is 2.62 bits per heavy atom. The van der Waals surface area contributed by atoms with E-state index in [1.165, 1.54) is 6.42 Å². The molecule has 0 heterocycles. The molecule has 0 saturated carbocycles. The molecule has 2 aromatic carbocycles. The van der Waals surface area contributed by atoms with E-state index in [4.69, 9.17) is 4.74 Å². The van der Waals surface area contributed by atoms with Crippen molar-refractivity contribution in [3.63, 3.8) is 0 Å². The van der Waals surface area contributed by atoms with Gasteiger partial charge in [-0.3, -0.25) is 0 Å². The lowest BCUT2D eigenvalue weighted by Crippen LogP contribution is -2.31.